The minimum atomic E-state index is -1.37. The fraction of sp³-hybridized carbons (Fsp3) is 0.353. The monoisotopic (exact) mass is 364 g/mol. The first-order valence-electron chi connectivity index (χ1n) is 7.93. The summed E-state index contributed by atoms with van der Waals surface area (Å²) in [6.45, 7) is 1.24. The van der Waals surface area contributed by atoms with Crippen LogP contribution in [0.1, 0.15) is 28.6 Å². The van der Waals surface area contributed by atoms with Gasteiger partial charge in [-0.1, -0.05) is 17.7 Å². The molecule has 2 heterocycles. The van der Waals surface area contributed by atoms with Crippen molar-refractivity contribution in [3.8, 4) is 0 Å². The number of aliphatic hydroxyl groups is 2. The van der Waals surface area contributed by atoms with E-state index < -0.39 is 48.0 Å². The predicted octanol–water partition coefficient (Wildman–Crippen LogP) is -0.213. The van der Waals surface area contributed by atoms with Gasteiger partial charge in [0.25, 0.3) is 11.5 Å². The van der Waals surface area contributed by atoms with Crippen LogP contribution in [0.5, 0.6) is 0 Å². The van der Waals surface area contributed by atoms with E-state index in [4.69, 9.17) is 9.84 Å². The molecule has 1 saturated heterocycles. The summed E-state index contributed by atoms with van der Waals surface area (Å²) in [5.41, 5.74) is -1.66. The van der Waals surface area contributed by atoms with Crippen molar-refractivity contribution in [1.29, 1.82) is 0 Å². The van der Waals surface area contributed by atoms with Gasteiger partial charge in [0.1, 0.15) is 12.3 Å². The maximum atomic E-state index is 14.1. The first-order valence-corrected chi connectivity index (χ1v) is 7.93. The van der Waals surface area contributed by atoms with Gasteiger partial charge in [-0.25, -0.2) is 4.79 Å². The third kappa shape index (κ3) is 3.12. The number of ether oxygens (including phenoxy) is 1. The Morgan fingerprint density at radius 1 is 1.38 bits per heavy atom. The van der Waals surface area contributed by atoms with Crippen LogP contribution in [0.2, 0.25) is 0 Å². The number of aromatic nitrogens is 2. The van der Waals surface area contributed by atoms with Crippen molar-refractivity contribution in [1.82, 2.24) is 9.13 Å². The molecule has 0 radical (unpaired) electrons. The highest BCUT2D eigenvalue weighted by Gasteiger charge is 2.36. The van der Waals surface area contributed by atoms with E-state index in [1.54, 1.807) is 19.1 Å². The van der Waals surface area contributed by atoms with Gasteiger partial charge in [0.2, 0.25) is 5.82 Å². The lowest BCUT2D eigenvalue weighted by atomic mass is 10.1. The molecule has 3 rings (SSSR count). The molecule has 8 nitrogen and oxygen atoms in total. The first-order chi connectivity index (χ1) is 12.3. The molecule has 1 fully saturated rings. The third-order valence-electron chi connectivity index (χ3n) is 4.23. The number of nitrogens with zero attached hydrogens (tertiary/aromatic N) is 2. The predicted molar refractivity (Wildman–Crippen MR) is 87.4 cm³/mol. The lowest BCUT2D eigenvalue weighted by Gasteiger charge is -2.16. The van der Waals surface area contributed by atoms with E-state index in [9.17, 15) is 23.9 Å². The molecule has 0 amide bonds. The number of aliphatic hydroxyl groups excluding tert-OH is 2. The van der Waals surface area contributed by atoms with Gasteiger partial charge in [0.05, 0.1) is 18.9 Å². The maximum Gasteiger partial charge on any atom is 0.340 e. The van der Waals surface area contributed by atoms with Gasteiger partial charge in [0, 0.05) is 12.0 Å². The summed E-state index contributed by atoms with van der Waals surface area (Å²) in [7, 11) is 0. The van der Waals surface area contributed by atoms with Gasteiger partial charge in [-0.2, -0.15) is 8.96 Å². The third-order valence-corrected chi connectivity index (χ3v) is 4.23. The summed E-state index contributed by atoms with van der Waals surface area (Å²) in [5, 5.41) is 18.9. The van der Waals surface area contributed by atoms with Crippen molar-refractivity contribution >= 4 is 5.91 Å². The average molecular weight is 364 g/mol. The Kier molecular flexibility index (Phi) is 4.86. The second-order valence-electron chi connectivity index (χ2n) is 6.10. The number of hydrogen-bond acceptors (Lipinski definition) is 6. The van der Waals surface area contributed by atoms with Crippen molar-refractivity contribution in [2.75, 3.05) is 6.61 Å². The lowest BCUT2D eigenvalue weighted by molar-refractivity contribution is -0.0465. The van der Waals surface area contributed by atoms with E-state index >= 15 is 0 Å². The summed E-state index contributed by atoms with van der Waals surface area (Å²) in [5.74, 6) is -2.27. The molecule has 9 heteroatoms. The SMILES string of the molecule is Cc1cccc(C(=O)n2c(=O)c(F)cn(C3CC(O)C(CO)O3)c2=O)c1. The highest BCUT2D eigenvalue weighted by atomic mass is 19.1. The van der Waals surface area contributed by atoms with Crippen LogP contribution >= 0.6 is 0 Å². The van der Waals surface area contributed by atoms with Crippen LogP contribution in [0.4, 0.5) is 4.39 Å². The quantitative estimate of drug-likeness (QED) is 0.780. The molecule has 1 aliphatic heterocycles. The van der Waals surface area contributed by atoms with E-state index in [0.29, 0.717) is 6.20 Å². The van der Waals surface area contributed by atoms with Crippen molar-refractivity contribution in [2.24, 2.45) is 0 Å². The molecule has 2 aromatic rings. The lowest BCUT2D eigenvalue weighted by Crippen LogP contribution is -2.46. The molecule has 0 bridgehead atoms. The normalized spacial score (nSPS) is 22.5. The topological polar surface area (TPSA) is 111 Å². The second-order valence-corrected chi connectivity index (χ2v) is 6.10. The minimum Gasteiger partial charge on any atom is -0.394 e. The van der Waals surface area contributed by atoms with E-state index in [1.165, 1.54) is 12.1 Å². The number of carbonyl (C=O) groups is 1. The summed E-state index contributed by atoms with van der Waals surface area (Å²) >= 11 is 0. The van der Waals surface area contributed by atoms with Gasteiger partial charge >= 0.3 is 5.69 Å². The molecule has 1 aromatic carbocycles. The van der Waals surface area contributed by atoms with Crippen LogP contribution in [-0.2, 0) is 4.74 Å². The Hall–Kier alpha value is -2.62. The molecule has 3 unspecified atom stereocenters. The summed E-state index contributed by atoms with van der Waals surface area (Å²) in [4.78, 5) is 37.3. The van der Waals surface area contributed by atoms with E-state index in [2.05, 4.69) is 0 Å². The zero-order valence-electron chi connectivity index (χ0n) is 13.8. The maximum absolute atomic E-state index is 14.1. The molecule has 2 N–H and O–H groups in total. The molecule has 26 heavy (non-hydrogen) atoms. The van der Waals surface area contributed by atoms with Gasteiger partial charge in [-0.15, -0.1) is 0 Å². The van der Waals surface area contributed by atoms with E-state index in [1.807, 2.05) is 0 Å². The number of aryl methyl sites for hydroxylation is 1. The van der Waals surface area contributed by atoms with Crippen LogP contribution in [0.3, 0.4) is 0 Å². The number of rotatable bonds is 3. The van der Waals surface area contributed by atoms with Gasteiger partial charge in [0.15, 0.2) is 0 Å². The Morgan fingerprint density at radius 2 is 2.12 bits per heavy atom. The fourth-order valence-electron chi connectivity index (χ4n) is 2.88. The molecule has 0 aliphatic carbocycles. The van der Waals surface area contributed by atoms with Gasteiger partial charge in [-0.3, -0.25) is 14.2 Å². The highest BCUT2D eigenvalue weighted by molar-refractivity contribution is 5.95. The zero-order valence-corrected chi connectivity index (χ0v) is 13.8. The molecule has 0 spiro atoms. The first kappa shape index (κ1) is 18.2. The number of halogens is 1. The summed E-state index contributed by atoms with van der Waals surface area (Å²) in [6.07, 6.45) is -2.57. The van der Waals surface area contributed by atoms with Crippen molar-refractivity contribution in [2.45, 2.75) is 31.8 Å². The van der Waals surface area contributed by atoms with Crippen molar-refractivity contribution < 1.29 is 24.1 Å². The number of benzene rings is 1. The molecule has 1 aromatic heterocycles. The van der Waals surface area contributed by atoms with Gasteiger partial charge in [-0.05, 0) is 19.1 Å². The fourth-order valence-corrected chi connectivity index (χ4v) is 2.88. The highest BCUT2D eigenvalue weighted by Crippen LogP contribution is 2.27. The Morgan fingerprint density at radius 3 is 2.73 bits per heavy atom. The second kappa shape index (κ2) is 6.94. The van der Waals surface area contributed by atoms with Crippen LogP contribution < -0.4 is 11.2 Å². The van der Waals surface area contributed by atoms with Crippen molar-refractivity contribution in [3.05, 3.63) is 68.2 Å². The standard InChI is InChI=1S/C17H17FN2O6/c1-9-3-2-4-10(5-9)15(23)20-16(24)11(18)7-19(17(20)25)14-6-12(22)13(8-21)26-14/h2-5,7,12-14,21-22H,6,8H2,1H3. The molecule has 0 saturated carbocycles. The molecule has 138 valence electrons. The van der Waals surface area contributed by atoms with Crippen molar-refractivity contribution in [3.63, 3.8) is 0 Å². The zero-order chi connectivity index (χ0) is 19.0. The van der Waals surface area contributed by atoms with E-state index in [-0.39, 0.29) is 16.6 Å². The smallest absolute Gasteiger partial charge is 0.340 e. The van der Waals surface area contributed by atoms with E-state index in [0.717, 1.165) is 10.1 Å². The molecule has 3 atom stereocenters. The van der Waals surface area contributed by atoms with Crippen LogP contribution in [0.25, 0.3) is 0 Å². The Bertz CT molecular complexity index is 966. The van der Waals surface area contributed by atoms with Crippen LogP contribution in [0.15, 0.2) is 40.1 Å². The molecular weight excluding hydrogens is 347 g/mol. The number of carbonyl (C=O) groups excluding carboxylic acids is 1. The summed E-state index contributed by atoms with van der Waals surface area (Å²) in [6, 6.07) is 6.19. The number of hydrogen-bond donors (Lipinski definition) is 2. The van der Waals surface area contributed by atoms with Crippen LogP contribution in [0, 0.1) is 12.7 Å². The average Bonchev–Trinajstić information content (AvgIpc) is 2.98. The van der Waals surface area contributed by atoms with Crippen LogP contribution in [-0.4, -0.2) is 44.1 Å². The molecule has 1 aliphatic rings. The Labute approximate surface area is 146 Å². The molecular formula is C17H17FN2O6. The van der Waals surface area contributed by atoms with Gasteiger partial charge < -0.3 is 14.9 Å². The largest absolute Gasteiger partial charge is 0.394 e. The minimum absolute atomic E-state index is 0.0574. The summed E-state index contributed by atoms with van der Waals surface area (Å²) < 4.78 is 20.3. The Balaban J connectivity index is 2.10.